The van der Waals surface area contributed by atoms with Gasteiger partial charge < -0.3 is 10.1 Å². The highest BCUT2D eigenvalue weighted by atomic mass is 32.1. The molecule has 1 saturated heterocycles. The van der Waals surface area contributed by atoms with Gasteiger partial charge in [0.15, 0.2) is 0 Å². The number of nitrogens with one attached hydrogen (secondary N) is 1. The SMILES string of the molecule is c1ccc(-c2cnc(CNc3ccn(C4COC4)n3)s2)cc1. The van der Waals surface area contributed by atoms with Crippen molar-refractivity contribution in [1.82, 2.24) is 14.8 Å². The highest BCUT2D eigenvalue weighted by molar-refractivity contribution is 7.15. The predicted molar refractivity (Wildman–Crippen MR) is 87.0 cm³/mol. The molecule has 0 unspecified atom stereocenters. The molecule has 5 nitrogen and oxygen atoms in total. The van der Waals surface area contributed by atoms with Gasteiger partial charge in [-0.05, 0) is 5.56 Å². The van der Waals surface area contributed by atoms with E-state index < -0.39 is 0 Å². The van der Waals surface area contributed by atoms with Crippen molar-refractivity contribution in [2.45, 2.75) is 12.6 Å². The van der Waals surface area contributed by atoms with Gasteiger partial charge in [0.25, 0.3) is 0 Å². The molecular formula is C16H16N4OS. The summed E-state index contributed by atoms with van der Waals surface area (Å²) < 4.78 is 7.14. The second-order valence-corrected chi connectivity index (χ2v) is 6.33. The molecule has 0 amide bonds. The monoisotopic (exact) mass is 312 g/mol. The Balaban J connectivity index is 1.39. The first kappa shape index (κ1) is 13.5. The lowest BCUT2D eigenvalue weighted by molar-refractivity contribution is -0.0285. The summed E-state index contributed by atoms with van der Waals surface area (Å²) in [6.45, 7) is 2.21. The minimum absolute atomic E-state index is 0.389. The molecule has 1 aliphatic heterocycles. The summed E-state index contributed by atoms with van der Waals surface area (Å²) in [4.78, 5) is 5.67. The molecule has 3 heterocycles. The van der Waals surface area contributed by atoms with Gasteiger partial charge in [-0.2, -0.15) is 5.10 Å². The molecule has 0 radical (unpaired) electrons. The fourth-order valence-electron chi connectivity index (χ4n) is 2.31. The van der Waals surface area contributed by atoms with Gasteiger partial charge in [-0.3, -0.25) is 4.68 Å². The van der Waals surface area contributed by atoms with Crippen LogP contribution < -0.4 is 5.32 Å². The van der Waals surface area contributed by atoms with Crippen molar-refractivity contribution in [3.63, 3.8) is 0 Å². The fourth-order valence-corrected chi connectivity index (χ4v) is 3.17. The molecule has 2 aromatic heterocycles. The number of thiazole rings is 1. The van der Waals surface area contributed by atoms with Crippen LogP contribution in [0.4, 0.5) is 5.82 Å². The van der Waals surface area contributed by atoms with Crippen LogP contribution in [0.2, 0.25) is 0 Å². The summed E-state index contributed by atoms with van der Waals surface area (Å²) >= 11 is 1.71. The molecule has 0 aliphatic carbocycles. The summed E-state index contributed by atoms with van der Waals surface area (Å²) in [5.74, 6) is 0.878. The third-order valence-corrected chi connectivity index (χ3v) is 4.68. The number of benzene rings is 1. The van der Waals surface area contributed by atoms with Gasteiger partial charge in [0, 0.05) is 18.5 Å². The van der Waals surface area contributed by atoms with E-state index in [4.69, 9.17) is 4.74 Å². The number of anilines is 1. The molecule has 1 aromatic carbocycles. The first-order chi connectivity index (χ1) is 10.9. The Kier molecular flexibility index (Phi) is 3.62. The Bertz CT molecular complexity index is 748. The van der Waals surface area contributed by atoms with Gasteiger partial charge >= 0.3 is 0 Å². The van der Waals surface area contributed by atoms with Crippen LogP contribution in [0.3, 0.4) is 0 Å². The van der Waals surface area contributed by atoms with Crippen molar-refractivity contribution in [1.29, 1.82) is 0 Å². The standard InChI is InChI=1S/C16H16N4OS/c1-2-4-12(5-3-1)14-8-18-16(22-14)9-17-15-6-7-20(19-15)13-10-21-11-13/h1-8,13H,9-11H2,(H,17,19). The quantitative estimate of drug-likeness (QED) is 0.786. The summed E-state index contributed by atoms with van der Waals surface area (Å²) in [5, 5.41) is 8.89. The number of hydrogen-bond donors (Lipinski definition) is 1. The molecule has 4 rings (SSSR count). The van der Waals surface area contributed by atoms with Crippen molar-refractivity contribution in [3.8, 4) is 10.4 Å². The van der Waals surface area contributed by atoms with Crippen LogP contribution in [0, 0.1) is 0 Å². The summed E-state index contributed by atoms with van der Waals surface area (Å²) in [6.07, 6.45) is 3.92. The number of nitrogens with zero attached hydrogens (tertiary/aromatic N) is 3. The lowest BCUT2D eigenvalue weighted by Gasteiger charge is -2.25. The Morgan fingerprint density at radius 1 is 1.23 bits per heavy atom. The van der Waals surface area contributed by atoms with Crippen LogP contribution in [-0.4, -0.2) is 28.0 Å². The van der Waals surface area contributed by atoms with Crippen molar-refractivity contribution in [2.75, 3.05) is 18.5 Å². The molecule has 0 bridgehead atoms. The summed E-state index contributed by atoms with van der Waals surface area (Å²) in [5.41, 5.74) is 1.21. The number of ether oxygens (including phenoxy) is 1. The molecular weight excluding hydrogens is 296 g/mol. The highest BCUT2D eigenvalue weighted by Gasteiger charge is 2.20. The summed E-state index contributed by atoms with van der Waals surface area (Å²) in [7, 11) is 0. The lowest BCUT2D eigenvalue weighted by Crippen LogP contribution is -2.30. The molecule has 0 atom stereocenters. The second kappa shape index (κ2) is 5.90. The fraction of sp³-hybridized carbons (Fsp3) is 0.250. The van der Waals surface area contributed by atoms with Crippen LogP contribution in [0.1, 0.15) is 11.0 Å². The average Bonchev–Trinajstić information content (AvgIpc) is 3.14. The highest BCUT2D eigenvalue weighted by Crippen LogP contribution is 2.26. The minimum atomic E-state index is 0.389. The van der Waals surface area contributed by atoms with Crippen molar-refractivity contribution < 1.29 is 4.74 Å². The van der Waals surface area contributed by atoms with Crippen LogP contribution in [0.5, 0.6) is 0 Å². The predicted octanol–water partition coefficient (Wildman–Crippen LogP) is 3.19. The lowest BCUT2D eigenvalue weighted by atomic mass is 10.2. The van der Waals surface area contributed by atoms with E-state index in [1.165, 1.54) is 10.4 Å². The summed E-state index contributed by atoms with van der Waals surface area (Å²) in [6, 6.07) is 12.7. The smallest absolute Gasteiger partial charge is 0.148 e. The number of aromatic nitrogens is 3. The Labute approximate surface area is 132 Å². The normalized spacial score (nSPS) is 14.7. The van der Waals surface area contributed by atoms with Gasteiger partial charge in [0.1, 0.15) is 10.8 Å². The first-order valence-corrected chi connectivity index (χ1v) is 8.07. The van der Waals surface area contributed by atoms with E-state index in [9.17, 15) is 0 Å². The molecule has 6 heteroatoms. The van der Waals surface area contributed by atoms with Crippen LogP contribution >= 0.6 is 11.3 Å². The Morgan fingerprint density at radius 3 is 2.86 bits per heavy atom. The van der Waals surface area contributed by atoms with E-state index >= 15 is 0 Å². The largest absolute Gasteiger partial charge is 0.377 e. The van der Waals surface area contributed by atoms with Crippen molar-refractivity contribution in [3.05, 3.63) is 53.8 Å². The zero-order chi connectivity index (χ0) is 14.8. The minimum Gasteiger partial charge on any atom is -0.377 e. The number of rotatable bonds is 5. The average molecular weight is 312 g/mol. The van der Waals surface area contributed by atoms with Gasteiger partial charge in [-0.15, -0.1) is 11.3 Å². The van der Waals surface area contributed by atoms with E-state index in [0.29, 0.717) is 12.6 Å². The topological polar surface area (TPSA) is 52.0 Å². The van der Waals surface area contributed by atoms with Crippen molar-refractivity contribution in [2.24, 2.45) is 0 Å². The van der Waals surface area contributed by atoms with Gasteiger partial charge in [-0.25, -0.2) is 4.98 Å². The van der Waals surface area contributed by atoms with Crippen molar-refractivity contribution >= 4 is 17.2 Å². The maximum Gasteiger partial charge on any atom is 0.148 e. The molecule has 1 fully saturated rings. The molecule has 1 N–H and O–H groups in total. The third kappa shape index (κ3) is 2.75. The number of hydrogen-bond acceptors (Lipinski definition) is 5. The molecule has 0 spiro atoms. The Hall–Kier alpha value is -2.18. The third-order valence-electron chi connectivity index (χ3n) is 3.64. The van der Waals surface area contributed by atoms with Crippen LogP contribution in [0.15, 0.2) is 48.8 Å². The maximum absolute atomic E-state index is 5.18. The second-order valence-electron chi connectivity index (χ2n) is 5.21. The van der Waals surface area contributed by atoms with Crippen LogP contribution in [-0.2, 0) is 11.3 Å². The van der Waals surface area contributed by atoms with Gasteiger partial charge in [0.05, 0.1) is 30.7 Å². The molecule has 1 aliphatic rings. The van der Waals surface area contributed by atoms with Gasteiger partial charge in [0.2, 0.25) is 0 Å². The zero-order valence-electron chi connectivity index (χ0n) is 12.0. The molecule has 112 valence electrons. The molecule has 3 aromatic rings. The molecule has 22 heavy (non-hydrogen) atoms. The Morgan fingerprint density at radius 2 is 2.09 bits per heavy atom. The van der Waals surface area contributed by atoms with E-state index in [1.54, 1.807) is 11.3 Å². The van der Waals surface area contributed by atoms with Crippen LogP contribution in [0.25, 0.3) is 10.4 Å². The van der Waals surface area contributed by atoms with E-state index in [2.05, 4.69) is 27.5 Å². The van der Waals surface area contributed by atoms with E-state index in [0.717, 1.165) is 24.0 Å². The van der Waals surface area contributed by atoms with Gasteiger partial charge in [-0.1, -0.05) is 30.3 Å². The molecule has 0 saturated carbocycles. The van der Waals surface area contributed by atoms with E-state index in [1.807, 2.05) is 41.3 Å². The first-order valence-electron chi connectivity index (χ1n) is 7.25. The van der Waals surface area contributed by atoms with E-state index in [-0.39, 0.29) is 0 Å². The zero-order valence-corrected chi connectivity index (χ0v) is 12.8. The maximum atomic E-state index is 5.18.